The smallest absolute Gasteiger partial charge is 0.242 e. The van der Waals surface area contributed by atoms with E-state index in [1.54, 1.807) is 16.6 Å². The van der Waals surface area contributed by atoms with Crippen LogP contribution in [0.2, 0.25) is 20.9 Å². The van der Waals surface area contributed by atoms with Gasteiger partial charge in [0.15, 0.2) is 21.9 Å². The molecule has 2 unspecified atom stereocenters. The van der Waals surface area contributed by atoms with Crippen LogP contribution in [0.3, 0.4) is 0 Å². The molecule has 0 radical (unpaired) electrons. The first kappa shape index (κ1) is 33.6. The van der Waals surface area contributed by atoms with Crippen LogP contribution in [0.4, 0.5) is 0 Å². The third kappa shape index (κ3) is 5.71. The van der Waals surface area contributed by atoms with Crippen LogP contribution < -0.4 is 0 Å². The molecular weight excluding hydrogens is 698 g/mol. The van der Waals surface area contributed by atoms with E-state index in [9.17, 15) is 5.11 Å². The van der Waals surface area contributed by atoms with Gasteiger partial charge in [-0.05, 0) is 88.0 Å². The number of aliphatic hydroxyl groups is 1. The van der Waals surface area contributed by atoms with E-state index in [0.29, 0.717) is 28.3 Å². The lowest BCUT2D eigenvalue weighted by Crippen LogP contribution is -2.41. The molecule has 47 heavy (non-hydrogen) atoms. The number of aromatic nitrogens is 6. The summed E-state index contributed by atoms with van der Waals surface area (Å²) in [6.07, 6.45) is -0.476. The van der Waals surface area contributed by atoms with Gasteiger partial charge in [-0.2, -0.15) is 0 Å². The topological polar surface area (TPSA) is 136 Å². The molecule has 4 aliphatic rings. The fourth-order valence-electron chi connectivity index (χ4n) is 6.88. The Hall–Kier alpha value is -1.88. The maximum atomic E-state index is 11.3. The summed E-state index contributed by atoms with van der Waals surface area (Å²) in [5.74, 6) is -3.16. The molecule has 0 spiro atoms. The molecule has 254 valence electrons. The van der Waals surface area contributed by atoms with E-state index in [-0.39, 0.29) is 52.3 Å². The van der Waals surface area contributed by atoms with Gasteiger partial charge < -0.3 is 33.5 Å². The van der Waals surface area contributed by atoms with E-state index >= 15 is 0 Å². The Morgan fingerprint density at radius 3 is 1.91 bits per heavy atom. The number of hydrogen-bond donors (Lipinski definition) is 1. The lowest BCUT2D eigenvalue weighted by Gasteiger charge is -2.29. The zero-order chi connectivity index (χ0) is 33.6. The minimum Gasteiger partial charge on any atom is -0.363 e. The lowest BCUT2D eigenvalue weighted by atomic mass is 10.0. The number of hydrogen-bond acceptors (Lipinski definition) is 11. The van der Waals surface area contributed by atoms with E-state index in [2.05, 4.69) is 27.1 Å². The van der Waals surface area contributed by atoms with E-state index in [1.807, 2.05) is 46.8 Å². The van der Waals surface area contributed by atoms with Gasteiger partial charge in [0.1, 0.15) is 47.2 Å². The second-order valence-corrected chi connectivity index (χ2v) is 14.2. The van der Waals surface area contributed by atoms with Crippen LogP contribution in [0.25, 0.3) is 11.0 Å². The Morgan fingerprint density at radius 2 is 1.26 bits per heavy atom. The van der Waals surface area contributed by atoms with Crippen LogP contribution in [0.1, 0.15) is 71.9 Å². The average molecular weight is 732 g/mol. The van der Waals surface area contributed by atoms with Crippen molar-refractivity contribution < 1.29 is 33.5 Å². The third-order valence-electron chi connectivity index (χ3n) is 8.73. The van der Waals surface area contributed by atoms with E-state index in [4.69, 9.17) is 74.8 Å². The van der Waals surface area contributed by atoms with Crippen LogP contribution in [-0.4, -0.2) is 82.5 Å². The minimum absolute atomic E-state index is 0.0230. The Labute approximate surface area is 290 Å². The first-order valence-corrected chi connectivity index (χ1v) is 16.8. The van der Waals surface area contributed by atoms with Crippen molar-refractivity contribution in [2.45, 2.75) is 114 Å². The van der Waals surface area contributed by atoms with Gasteiger partial charge in [-0.1, -0.05) is 37.0 Å². The van der Waals surface area contributed by atoms with Gasteiger partial charge in [0.25, 0.3) is 0 Å². The van der Waals surface area contributed by atoms with Crippen LogP contribution >= 0.6 is 46.4 Å². The second kappa shape index (κ2) is 11.9. The summed E-state index contributed by atoms with van der Waals surface area (Å²) in [7, 11) is 0. The molecule has 0 aromatic carbocycles. The molecule has 0 saturated carbocycles. The SMILES string of the molecule is CC[C@H]1OC(O)(c2ccc3c(Cl)nc(Cl)nn23)[C@@H]2OC(C)(C)O[C@@H]21.CC[C@H]1OC(c2ccc3c(Cl)nc(Cl)nn23)[C@@H]2OC(C)(C)O[C@H]12. The monoisotopic (exact) mass is 730 g/mol. The molecule has 4 aromatic rings. The zero-order valence-electron chi connectivity index (χ0n) is 26.4. The molecule has 8 atom stereocenters. The van der Waals surface area contributed by atoms with Crippen molar-refractivity contribution in [2.24, 2.45) is 0 Å². The minimum atomic E-state index is -1.73. The molecule has 4 saturated heterocycles. The van der Waals surface area contributed by atoms with Crippen LogP contribution in [-0.2, 0) is 34.2 Å². The average Bonchev–Trinajstić information content (AvgIpc) is 3.81. The fourth-order valence-corrected chi connectivity index (χ4v) is 7.73. The van der Waals surface area contributed by atoms with Gasteiger partial charge in [0.2, 0.25) is 16.4 Å². The molecule has 4 fully saturated rings. The van der Waals surface area contributed by atoms with Crippen molar-refractivity contribution in [3.63, 3.8) is 0 Å². The molecule has 17 heteroatoms. The molecule has 8 heterocycles. The highest BCUT2D eigenvalue weighted by Crippen LogP contribution is 2.49. The van der Waals surface area contributed by atoms with Gasteiger partial charge in [0.05, 0.1) is 17.9 Å². The Morgan fingerprint density at radius 1 is 0.702 bits per heavy atom. The van der Waals surface area contributed by atoms with Crippen molar-refractivity contribution in [2.75, 3.05) is 0 Å². The Bertz CT molecular complexity index is 1840. The van der Waals surface area contributed by atoms with Crippen molar-refractivity contribution >= 4 is 57.4 Å². The first-order chi connectivity index (χ1) is 22.1. The maximum absolute atomic E-state index is 11.3. The number of halogens is 4. The molecule has 4 aliphatic heterocycles. The van der Waals surface area contributed by atoms with Crippen LogP contribution in [0.5, 0.6) is 0 Å². The van der Waals surface area contributed by atoms with Gasteiger partial charge in [-0.25, -0.2) is 19.0 Å². The Balaban J connectivity index is 0.000000150. The summed E-state index contributed by atoms with van der Waals surface area (Å²) in [6, 6.07) is 7.15. The lowest BCUT2D eigenvalue weighted by molar-refractivity contribution is -0.283. The van der Waals surface area contributed by atoms with Crippen molar-refractivity contribution in [1.82, 2.24) is 29.2 Å². The zero-order valence-corrected chi connectivity index (χ0v) is 29.4. The van der Waals surface area contributed by atoms with E-state index in [0.717, 1.165) is 12.1 Å². The highest BCUT2D eigenvalue weighted by atomic mass is 35.5. The molecule has 4 aromatic heterocycles. The molecule has 1 N–H and O–H groups in total. The summed E-state index contributed by atoms with van der Waals surface area (Å²) in [5.41, 5.74) is 2.40. The highest BCUT2D eigenvalue weighted by Gasteiger charge is 2.64. The predicted molar refractivity (Wildman–Crippen MR) is 171 cm³/mol. The highest BCUT2D eigenvalue weighted by molar-refractivity contribution is 6.34. The third-order valence-corrected chi connectivity index (χ3v) is 9.61. The quantitative estimate of drug-likeness (QED) is 0.268. The van der Waals surface area contributed by atoms with E-state index in [1.165, 1.54) is 4.52 Å². The second-order valence-electron chi connectivity index (χ2n) is 12.8. The molecule has 8 rings (SSSR count). The number of rotatable bonds is 4. The largest absolute Gasteiger partial charge is 0.363 e. The summed E-state index contributed by atoms with van der Waals surface area (Å²) in [5, 5.41) is 20.3. The summed E-state index contributed by atoms with van der Waals surface area (Å²) >= 11 is 24.1. The number of nitrogens with zero attached hydrogens (tertiary/aromatic N) is 6. The number of fused-ring (bicyclic) bond motifs is 4. The van der Waals surface area contributed by atoms with Crippen molar-refractivity contribution in [3.05, 3.63) is 56.5 Å². The normalized spacial score (nSPS) is 33.7. The molecule has 0 bridgehead atoms. The van der Waals surface area contributed by atoms with Crippen molar-refractivity contribution in [3.8, 4) is 0 Å². The predicted octanol–water partition coefficient (Wildman–Crippen LogP) is 5.92. The van der Waals surface area contributed by atoms with Gasteiger partial charge in [-0.3, -0.25) is 0 Å². The van der Waals surface area contributed by atoms with Crippen LogP contribution in [0.15, 0.2) is 24.3 Å². The van der Waals surface area contributed by atoms with Crippen molar-refractivity contribution in [1.29, 1.82) is 0 Å². The summed E-state index contributed by atoms with van der Waals surface area (Å²) < 4.78 is 39.2. The number of ether oxygens (including phenoxy) is 6. The fraction of sp³-hybridized carbons (Fsp3) is 0.600. The van der Waals surface area contributed by atoms with Gasteiger partial charge >= 0.3 is 0 Å². The van der Waals surface area contributed by atoms with Gasteiger partial charge in [-0.15, -0.1) is 10.2 Å². The first-order valence-electron chi connectivity index (χ1n) is 15.3. The molecular formula is C30H34Cl4N6O7. The van der Waals surface area contributed by atoms with Crippen LogP contribution in [0, 0.1) is 0 Å². The maximum Gasteiger partial charge on any atom is 0.242 e. The molecule has 0 aliphatic carbocycles. The summed E-state index contributed by atoms with van der Waals surface area (Å²) in [6.45, 7) is 11.5. The molecule has 0 amide bonds. The summed E-state index contributed by atoms with van der Waals surface area (Å²) in [4.78, 5) is 7.87. The molecule has 13 nitrogen and oxygen atoms in total. The van der Waals surface area contributed by atoms with Gasteiger partial charge in [0, 0.05) is 0 Å². The Kier molecular flexibility index (Phi) is 8.49. The standard InChI is InChI=1S/C15H17Cl2N3O4.C15H17Cl2N3O3/c1-4-8-10-11(24-14(2,3)23-10)15(21,22-8)9-6-5-7-12(16)18-13(17)19-20(7)9;1-4-9-11-12(23-15(2,3)22-11)10(21-9)7-5-6-8-13(16)18-14(17)19-20(7)8/h5-6,8,10-11,21H,4H2,1-3H3;5-6,9-12H,4H2,1-3H3/t8-,10-,11-,15?;9-,10?,11-,12+/m11/s1. The van der Waals surface area contributed by atoms with E-state index < -0.39 is 23.5 Å².